The van der Waals surface area contributed by atoms with Crippen LogP contribution in [0, 0.1) is 11.8 Å². The Bertz CT molecular complexity index is 595. The Labute approximate surface area is 103 Å². The molecule has 2 aliphatic carbocycles. The van der Waals surface area contributed by atoms with Crippen LogP contribution in [0.5, 0.6) is 0 Å². The molecule has 0 amide bonds. The average Bonchev–Trinajstić information content (AvgIpc) is 3.10. The van der Waals surface area contributed by atoms with Gasteiger partial charge in [0, 0.05) is 11.0 Å². The first kappa shape index (κ1) is 10.5. The van der Waals surface area contributed by atoms with Crippen LogP contribution in [-0.4, -0.2) is 0 Å². The maximum absolute atomic E-state index is 3.80. The van der Waals surface area contributed by atoms with E-state index in [1.807, 2.05) is 0 Å². The summed E-state index contributed by atoms with van der Waals surface area (Å²) < 4.78 is 0. The van der Waals surface area contributed by atoms with Crippen molar-refractivity contribution >= 4 is 0 Å². The molecule has 0 heterocycles. The molecule has 0 radical (unpaired) electrons. The lowest BCUT2D eigenvalue weighted by Gasteiger charge is -2.25. The fraction of sp³-hybridized carbons (Fsp3) is 0.353. The van der Waals surface area contributed by atoms with Crippen molar-refractivity contribution in [2.75, 3.05) is 0 Å². The highest BCUT2D eigenvalue weighted by Crippen LogP contribution is 2.57. The number of hydrogen-bond acceptors (Lipinski definition) is 0. The molecule has 2 aliphatic rings. The zero-order valence-corrected chi connectivity index (χ0v) is 10.4. The van der Waals surface area contributed by atoms with Crippen molar-refractivity contribution in [2.45, 2.75) is 38.0 Å². The van der Waals surface area contributed by atoms with E-state index in [9.17, 15) is 0 Å². The maximum Gasteiger partial charge on any atom is 0.0541 e. The van der Waals surface area contributed by atoms with Crippen molar-refractivity contribution in [1.29, 1.82) is 0 Å². The molecule has 1 spiro atoms. The molecule has 3 rings (SSSR count). The number of rotatable bonds is 1. The molecule has 1 saturated carbocycles. The third-order valence-corrected chi connectivity index (χ3v) is 3.92. The van der Waals surface area contributed by atoms with Crippen LogP contribution in [0.15, 0.2) is 36.1 Å². The van der Waals surface area contributed by atoms with Gasteiger partial charge in [0.15, 0.2) is 0 Å². The van der Waals surface area contributed by atoms with Gasteiger partial charge in [-0.15, -0.1) is 5.73 Å². The first-order valence-electron chi connectivity index (χ1n) is 6.25. The average molecular weight is 220 g/mol. The van der Waals surface area contributed by atoms with E-state index in [0.29, 0.717) is 5.92 Å². The molecule has 0 atom stereocenters. The lowest BCUT2D eigenvalue weighted by molar-refractivity contribution is 0.775. The van der Waals surface area contributed by atoms with Gasteiger partial charge in [0.05, 0.1) is 5.57 Å². The molecule has 1 aromatic carbocycles. The molecule has 1 fully saturated rings. The first-order valence-corrected chi connectivity index (χ1v) is 6.25. The van der Waals surface area contributed by atoms with Gasteiger partial charge in [-0.1, -0.05) is 44.4 Å². The monoisotopic (exact) mass is 220 g/mol. The van der Waals surface area contributed by atoms with Crippen LogP contribution in [0.2, 0.25) is 0 Å². The summed E-state index contributed by atoms with van der Waals surface area (Å²) in [6.07, 6.45) is 2.41. The van der Waals surface area contributed by atoms with Gasteiger partial charge in [0.1, 0.15) is 0 Å². The van der Waals surface area contributed by atoms with Gasteiger partial charge in [-0.05, 0) is 36.0 Å². The van der Waals surface area contributed by atoms with E-state index in [0.717, 1.165) is 5.57 Å². The maximum atomic E-state index is 3.80. The van der Waals surface area contributed by atoms with Crippen molar-refractivity contribution in [1.82, 2.24) is 0 Å². The van der Waals surface area contributed by atoms with Gasteiger partial charge in [0.2, 0.25) is 0 Å². The summed E-state index contributed by atoms with van der Waals surface area (Å²) in [5.74, 6) is 7.05. The molecule has 0 N–H and O–H groups in total. The molecule has 0 aliphatic heterocycles. The van der Waals surface area contributed by atoms with Crippen LogP contribution in [0.4, 0.5) is 0 Å². The third-order valence-electron chi connectivity index (χ3n) is 3.92. The molecular formula is C17H16. The van der Waals surface area contributed by atoms with Gasteiger partial charge in [-0.25, -0.2) is 0 Å². The van der Waals surface area contributed by atoms with Gasteiger partial charge in [-0.2, -0.15) is 0 Å². The number of allylic oxidation sites excluding steroid dienone is 1. The summed E-state index contributed by atoms with van der Waals surface area (Å²) in [7, 11) is 0. The Kier molecular flexibility index (Phi) is 2.09. The van der Waals surface area contributed by atoms with Crippen molar-refractivity contribution in [3.8, 4) is 11.8 Å². The zero-order valence-electron chi connectivity index (χ0n) is 10.4. The van der Waals surface area contributed by atoms with Gasteiger partial charge in [0.25, 0.3) is 0 Å². The van der Waals surface area contributed by atoms with E-state index in [-0.39, 0.29) is 5.41 Å². The number of hydrogen-bond donors (Lipinski definition) is 0. The van der Waals surface area contributed by atoms with Gasteiger partial charge >= 0.3 is 0 Å². The molecule has 17 heavy (non-hydrogen) atoms. The largest absolute Gasteiger partial charge is 0.115 e. The molecular weight excluding hydrogens is 204 g/mol. The van der Waals surface area contributed by atoms with Crippen LogP contribution >= 0.6 is 0 Å². The molecule has 0 heteroatoms. The van der Waals surface area contributed by atoms with E-state index in [1.54, 1.807) is 0 Å². The molecule has 1 aromatic rings. The van der Waals surface area contributed by atoms with E-state index < -0.39 is 0 Å². The topological polar surface area (TPSA) is 0 Å². The Morgan fingerprint density at radius 3 is 2.65 bits per heavy atom. The second-order valence-electron chi connectivity index (χ2n) is 5.31. The standard InChI is InChI=1S/C17H16/c1-4-14-9-8-13-6-5-7-15(12(2)3)16(13)17(14)10-11-17/h5-7,12H,1,10-11H2,2-3H3. The van der Waals surface area contributed by atoms with Crippen LogP contribution in [0.1, 0.15) is 49.3 Å². The number of fused-ring (bicyclic) bond motifs is 2. The zero-order chi connectivity index (χ0) is 12.0. The van der Waals surface area contributed by atoms with Crippen LogP contribution in [0.3, 0.4) is 0 Å². The Morgan fingerprint density at radius 1 is 1.29 bits per heavy atom. The van der Waals surface area contributed by atoms with Gasteiger partial charge in [-0.3, -0.25) is 0 Å². The highest BCUT2D eigenvalue weighted by atomic mass is 14.5. The highest BCUT2D eigenvalue weighted by Gasteiger charge is 2.50. The molecule has 0 aromatic heterocycles. The predicted octanol–water partition coefficient (Wildman–Crippen LogP) is 3.92. The summed E-state index contributed by atoms with van der Waals surface area (Å²) >= 11 is 0. The van der Waals surface area contributed by atoms with E-state index >= 15 is 0 Å². The fourth-order valence-corrected chi connectivity index (χ4v) is 2.90. The second kappa shape index (κ2) is 3.39. The minimum atomic E-state index is 0.170. The Hall–Kier alpha value is -1.70. The van der Waals surface area contributed by atoms with E-state index in [1.165, 1.54) is 29.5 Å². The SMILES string of the molecule is C=C=C1C#Cc2cccc(C(C)C)c2C12CC2. The van der Waals surface area contributed by atoms with Gasteiger partial charge < -0.3 is 0 Å². The number of benzene rings is 1. The summed E-state index contributed by atoms with van der Waals surface area (Å²) in [4.78, 5) is 0. The summed E-state index contributed by atoms with van der Waals surface area (Å²) in [5.41, 5.74) is 8.46. The smallest absolute Gasteiger partial charge is 0.0541 e. The third kappa shape index (κ3) is 1.33. The van der Waals surface area contributed by atoms with Crippen molar-refractivity contribution in [3.63, 3.8) is 0 Å². The predicted molar refractivity (Wildman–Crippen MR) is 71.0 cm³/mol. The molecule has 84 valence electrons. The van der Waals surface area contributed by atoms with E-state index in [4.69, 9.17) is 0 Å². The lowest BCUT2D eigenvalue weighted by Crippen LogP contribution is -2.17. The van der Waals surface area contributed by atoms with Crippen molar-refractivity contribution in [3.05, 3.63) is 52.8 Å². The summed E-state index contributed by atoms with van der Waals surface area (Å²) in [6.45, 7) is 8.31. The minimum Gasteiger partial charge on any atom is -0.115 e. The molecule has 0 unspecified atom stereocenters. The minimum absolute atomic E-state index is 0.170. The molecule has 0 nitrogen and oxygen atoms in total. The van der Waals surface area contributed by atoms with Crippen molar-refractivity contribution < 1.29 is 0 Å². The van der Waals surface area contributed by atoms with E-state index in [2.05, 4.69) is 56.2 Å². The second-order valence-corrected chi connectivity index (χ2v) is 5.31. The fourth-order valence-electron chi connectivity index (χ4n) is 2.90. The van der Waals surface area contributed by atoms with Crippen LogP contribution in [0.25, 0.3) is 0 Å². The summed E-state index contributed by atoms with van der Waals surface area (Å²) in [6, 6.07) is 6.52. The Morgan fingerprint density at radius 2 is 2.06 bits per heavy atom. The van der Waals surface area contributed by atoms with Crippen molar-refractivity contribution in [2.24, 2.45) is 0 Å². The molecule has 0 bridgehead atoms. The summed E-state index contributed by atoms with van der Waals surface area (Å²) in [5, 5.41) is 0. The Balaban J connectivity index is 2.33. The molecule has 0 saturated heterocycles. The van der Waals surface area contributed by atoms with Crippen LogP contribution in [-0.2, 0) is 5.41 Å². The quantitative estimate of drug-likeness (QED) is 0.497. The normalized spacial score (nSPS) is 18.4. The highest BCUT2D eigenvalue weighted by molar-refractivity contribution is 5.65. The first-order chi connectivity index (χ1) is 8.19. The lowest BCUT2D eigenvalue weighted by atomic mass is 9.77. The van der Waals surface area contributed by atoms with Crippen LogP contribution < -0.4 is 0 Å².